The van der Waals surface area contributed by atoms with E-state index in [9.17, 15) is 9.59 Å². The van der Waals surface area contributed by atoms with E-state index in [-0.39, 0.29) is 24.0 Å². The zero-order chi connectivity index (χ0) is 29.6. The van der Waals surface area contributed by atoms with E-state index in [1.54, 1.807) is 12.3 Å². The van der Waals surface area contributed by atoms with Crippen molar-refractivity contribution in [2.75, 3.05) is 53.7 Å². The van der Waals surface area contributed by atoms with Crippen LogP contribution in [0.25, 0.3) is 0 Å². The minimum absolute atomic E-state index is 0.00479. The Morgan fingerprint density at radius 2 is 1.93 bits per heavy atom. The second-order valence-corrected chi connectivity index (χ2v) is 11.8. The van der Waals surface area contributed by atoms with Gasteiger partial charge in [-0.15, -0.1) is 0 Å². The SMILES string of the molecule is C=CC(=O)Nc1cccc(N(C(=O)NCC2CC2)C2CCC(Nc3ccc(C#N)cn3)CC2)c1N1CCN(C)[C@@H](C)C1. The Morgan fingerprint density at radius 1 is 1.14 bits per heavy atom. The molecule has 3 N–H and O–H groups in total. The fraction of sp³-hybridized carbons (Fsp3) is 0.500. The number of hydrogen-bond donors (Lipinski definition) is 3. The number of aromatic nitrogens is 1. The number of benzene rings is 1. The maximum Gasteiger partial charge on any atom is 0.322 e. The van der Waals surface area contributed by atoms with Crippen molar-refractivity contribution in [1.82, 2.24) is 15.2 Å². The molecule has 3 aliphatic rings. The van der Waals surface area contributed by atoms with Gasteiger partial charge >= 0.3 is 6.03 Å². The summed E-state index contributed by atoms with van der Waals surface area (Å²) in [5.41, 5.74) is 2.94. The highest BCUT2D eigenvalue weighted by Gasteiger charge is 2.35. The summed E-state index contributed by atoms with van der Waals surface area (Å²) >= 11 is 0. The van der Waals surface area contributed by atoms with E-state index in [0.29, 0.717) is 29.8 Å². The van der Waals surface area contributed by atoms with Crippen molar-refractivity contribution in [2.24, 2.45) is 5.92 Å². The molecule has 10 heteroatoms. The van der Waals surface area contributed by atoms with Crippen molar-refractivity contribution in [2.45, 2.75) is 63.6 Å². The lowest BCUT2D eigenvalue weighted by molar-refractivity contribution is -0.111. The Balaban J connectivity index is 1.42. The molecule has 5 rings (SSSR count). The molecule has 10 nitrogen and oxygen atoms in total. The van der Waals surface area contributed by atoms with Crippen molar-refractivity contribution in [1.29, 1.82) is 5.26 Å². The third kappa shape index (κ3) is 7.02. The molecule has 2 saturated carbocycles. The summed E-state index contributed by atoms with van der Waals surface area (Å²) in [6, 6.07) is 12.0. The van der Waals surface area contributed by atoms with Crippen molar-refractivity contribution in [3.05, 3.63) is 54.7 Å². The minimum atomic E-state index is -0.275. The van der Waals surface area contributed by atoms with Crippen molar-refractivity contribution >= 4 is 34.8 Å². The normalized spacial score (nSPS) is 22.5. The number of nitriles is 1. The van der Waals surface area contributed by atoms with Crippen LogP contribution >= 0.6 is 0 Å². The van der Waals surface area contributed by atoms with Gasteiger partial charge in [-0.25, -0.2) is 9.78 Å². The largest absolute Gasteiger partial charge is 0.367 e. The third-order valence-corrected chi connectivity index (χ3v) is 8.76. The molecule has 42 heavy (non-hydrogen) atoms. The molecule has 0 unspecified atom stereocenters. The Kier molecular flexibility index (Phi) is 9.28. The lowest BCUT2D eigenvalue weighted by atomic mass is 9.89. The first kappa shape index (κ1) is 29.4. The summed E-state index contributed by atoms with van der Waals surface area (Å²) in [4.78, 5) is 37.4. The van der Waals surface area contributed by atoms with E-state index in [0.717, 1.165) is 75.4 Å². The van der Waals surface area contributed by atoms with Crippen LogP contribution in [-0.2, 0) is 4.79 Å². The zero-order valence-corrected chi connectivity index (χ0v) is 24.7. The number of rotatable bonds is 9. The number of likely N-dealkylation sites (N-methyl/N-ethyl adjacent to an activating group) is 1. The summed E-state index contributed by atoms with van der Waals surface area (Å²) in [5.74, 6) is 1.05. The highest BCUT2D eigenvalue weighted by molar-refractivity contribution is 6.05. The van der Waals surface area contributed by atoms with E-state index in [4.69, 9.17) is 5.26 Å². The summed E-state index contributed by atoms with van der Waals surface area (Å²) < 4.78 is 0. The smallest absolute Gasteiger partial charge is 0.322 e. The van der Waals surface area contributed by atoms with E-state index in [2.05, 4.69) is 57.4 Å². The first-order chi connectivity index (χ1) is 20.4. The van der Waals surface area contributed by atoms with E-state index in [1.165, 1.54) is 6.08 Å². The Bertz CT molecular complexity index is 1310. The van der Waals surface area contributed by atoms with Crippen LogP contribution in [0.4, 0.5) is 27.7 Å². The number of anilines is 4. The molecular weight excluding hydrogens is 528 g/mol. The van der Waals surface area contributed by atoms with Gasteiger partial charge in [0.2, 0.25) is 5.91 Å². The molecule has 2 aliphatic carbocycles. The van der Waals surface area contributed by atoms with Gasteiger partial charge < -0.3 is 25.8 Å². The summed E-state index contributed by atoms with van der Waals surface area (Å²) in [5, 5.41) is 18.8. The lowest BCUT2D eigenvalue weighted by Gasteiger charge is -2.43. The molecule has 0 radical (unpaired) electrons. The molecule has 3 amide bonds. The fourth-order valence-electron chi connectivity index (χ4n) is 5.94. The predicted molar refractivity (Wildman–Crippen MR) is 167 cm³/mol. The molecule has 222 valence electrons. The number of pyridine rings is 1. The molecule has 0 spiro atoms. The van der Waals surface area contributed by atoms with Crippen LogP contribution < -0.4 is 25.8 Å². The van der Waals surface area contributed by atoms with Gasteiger partial charge in [0, 0.05) is 50.5 Å². The van der Waals surface area contributed by atoms with Crippen LogP contribution in [0.3, 0.4) is 0 Å². The van der Waals surface area contributed by atoms with Gasteiger partial charge in [0.05, 0.1) is 22.6 Å². The first-order valence-electron chi connectivity index (χ1n) is 15.1. The van der Waals surface area contributed by atoms with Gasteiger partial charge in [0.25, 0.3) is 0 Å². The summed E-state index contributed by atoms with van der Waals surface area (Å²) in [6.45, 7) is 9.00. The molecule has 1 atom stereocenters. The van der Waals surface area contributed by atoms with Gasteiger partial charge in [-0.2, -0.15) is 5.26 Å². The average molecular weight is 571 g/mol. The predicted octanol–water partition coefficient (Wildman–Crippen LogP) is 4.57. The zero-order valence-electron chi connectivity index (χ0n) is 24.7. The van der Waals surface area contributed by atoms with Crippen LogP contribution in [-0.4, -0.2) is 73.2 Å². The van der Waals surface area contributed by atoms with Crippen molar-refractivity contribution < 1.29 is 9.59 Å². The highest BCUT2D eigenvalue weighted by Crippen LogP contribution is 2.41. The van der Waals surface area contributed by atoms with E-state index < -0.39 is 0 Å². The van der Waals surface area contributed by atoms with Crippen LogP contribution in [0.5, 0.6) is 0 Å². The molecule has 2 aromatic rings. The Morgan fingerprint density at radius 3 is 2.57 bits per heavy atom. The number of nitrogens with one attached hydrogen (secondary N) is 3. The minimum Gasteiger partial charge on any atom is -0.367 e. The fourth-order valence-corrected chi connectivity index (χ4v) is 5.94. The van der Waals surface area contributed by atoms with Crippen LogP contribution in [0, 0.1) is 17.2 Å². The van der Waals surface area contributed by atoms with Crippen LogP contribution in [0.15, 0.2) is 49.2 Å². The average Bonchev–Trinajstić information content (AvgIpc) is 3.84. The molecule has 1 aliphatic heterocycles. The number of carbonyl (C=O) groups excluding carboxylic acids is 2. The number of urea groups is 1. The number of para-hydroxylation sites is 1. The van der Waals surface area contributed by atoms with Gasteiger partial charge in [-0.05, 0) is 88.8 Å². The Labute approximate surface area is 248 Å². The molecule has 1 aromatic heterocycles. The Hall–Kier alpha value is -4.10. The van der Waals surface area contributed by atoms with Gasteiger partial charge in [0.15, 0.2) is 0 Å². The third-order valence-electron chi connectivity index (χ3n) is 8.76. The molecule has 3 fully saturated rings. The highest BCUT2D eigenvalue weighted by atomic mass is 16.2. The number of hydrogen-bond acceptors (Lipinski definition) is 7. The maximum absolute atomic E-state index is 14.0. The van der Waals surface area contributed by atoms with Gasteiger partial charge in [-0.3, -0.25) is 9.69 Å². The van der Waals surface area contributed by atoms with Crippen LogP contribution in [0.2, 0.25) is 0 Å². The van der Waals surface area contributed by atoms with Crippen LogP contribution in [0.1, 0.15) is 51.0 Å². The molecule has 1 aromatic carbocycles. The van der Waals surface area contributed by atoms with Gasteiger partial charge in [0.1, 0.15) is 11.9 Å². The van der Waals surface area contributed by atoms with Gasteiger partial charge in [-0.1, -0.05) is 12.6 Å². The second-order valence-electron chi connectivity index (χ2n) is 11.8. The summed E-state index contributed by atoms with van der Waals surface area (Å²) in [7, 11) is 2.13. The maximum atomic E-state index is 14.0. The molecular formula is C32H42N8O2. The molecule has 0 bridgehead atoms. The lowest BCUT2D eigenvalue weighted by Crippen LogP contribution is -2.52. The number of piperazine rings is 1. The molecule has 1 saturated heterocycles. The quantitative estimate of drug-likeness (QED) is 0.378. The number of carbonyl (C=O) groups is 2. The van der Waals surface area contributed by atoms with Crippen molar-refractivity contribution in [3.63, 3.8) is 0 Å². The van der Waals surface area contributed by atoms with Crippen molar-refractivity contribution in [3.8, 4) is 6.07 Å². The monoisotopic (exact) mass is 570 g/mol. The number of amides is 3. The van der Waals surface area contributed by atoms with E-state index in [1.807, 2.05) is 29.2 Å². The standard InChI is InChI=1S/C32H42N8O2/c1-4-30(41)37-27-6-5-7-28(31(27)39-17-16-38(3)22(2)21-39)40(32(42)35-19-23-8-9-23)26-13-11-25(12-14-26)36-29-15-10-24(18-33)20-34-29/h4-7,10,15,20,22-23,25-26H,1,8-9,11-14,16-17,19,21H2,2-3H3,(H,34,36)(H,35,42)(H,37,41)/t22-,25?,26?/m0/s1. The summed E-state index contributed by atoms with van der Waals surface area (Å²) in [6.07, 6.45) is 8.60. The van der Waals surface area contributed by atoms with E-state index >= 15 is 0 Å². The number of nitrogens with zero attached hydrogens (tertiary/aromatic N) is 5. The molecule has 2 heterocycles. The first-order valence-corrected chi connectivity index (χ1v) is 15.1. The second kappa shape index (κ2) is 13.3. The topological polar surface area (TPSA) is 117 Å².